The first kappa shape index (κ1) is 22.1. The number of carbonyl (C=O) groups is 1. The van der Waals surface area contributed by atoms with Gasteiger partial charge in [0.25, 0.3) is 0 Å². The molecule has 0 spiro atoms. The molecule has 0 radical (unpaired) electrons. The smallest absolute Gasteiger partial charge is 0.223 e. The van der Waals surface area contributed by atoms with Gasteiger partial charge in [0.2, 0.25) is 5.91 Å². The highest BCUT2D eigenvalue weighted by atomic mass is 35.5. The molecule has 0 bridgehead atoms. The van der Waals surface area contributed by atoms with Crippen LogP contribution in [0.4, 0.5) is 8.78 Å². The zero-order valence-corrected chi connectivity index (χ0v) is 16.9. The van der Waals surface area contributed by atoms with E-state index >= 15 is 0 Å². The minimum absolute atomic E-state index is 0. The van der Waals surface area contributed by atoms with Gasteiger partial charge in [-0.3, -0.25) is 4.79 Å². The van der Waals surface area contributed by atoms with E-state index in [-0.39, 0.29) is 36.5 Å². The molecule has 152 valence electrons. The van der Waals surface area contributed by atoms with Crippen molar-refractivity contribution in [1.29, 1.82) is 0 Å². The molecule has 3 nitrogen and oxygen atoms in total. The summed E-state index contributed by atoms with van der Waals surface area (Å²) in [6.45, 7) is 4.21. The molecule has 27 heavy (non-hydrogen) atoms. The van der Waals surface area contributed by atoms with Gasteiger partial charge in [-0.05, 0) is 62.7 Å². The number of piperidine rings is 1. The van der Waals surface area contributed by atoms with Crippen molar-refractivity contribution in [2.75, 3.05) is 13.1 Å². The lowest BCUT2D eigenvalue weighted by atomic mass is 9.84. The Morgan fingerprint density at radius 2 is 1.74 bits per heavy atom. The Labute approximate surface area is 167 Å². The van der Waals surface area contributed by atoms with Crippen LogP contribution in [0.2, 0.25) is 0 Å². The molecule has 0 aromatic heterocycles. The second kappa shape index (κ2) is 10.4. The summed E-state index contributed by atoms with van der Waals surface area (Å²) in [5.74, 6) is -0.222. The number of carbonyl (C=O) groups excluding carboxylic acids is 1. The molecule has 1 heterocycles. The van der Waals surface area contributed by atoms with Gasteiger partial charge in [-0.25, -0.2) is 8.78 Å². The van der Waals surface area contributed by atoms with Gasteiger partial charge in [0.05, 0.1) is 6.54 Å². The number of nitrogens with one attached hydrogen (secondary N) is 1. The third kappa shape index (κ3) is 5.64. The zero-order chi connectivity index (χ0) is 18.5. The number of nitrogens with zero attached hydrogens (tertiary/aromatic N) is 1. The molecule has 1 aliphatic heterocycles. The van der Waals surface area contributed by atoms with Gasteiger partial charge in [-0.2, -0.15) is 0 Å². The van der Waals surface area contributed by atoms with E-state index in [9.17, 15) is 13.6 Å². The van der Waals surface area contributed by atoms with E-state index in [4.69, 9.17) is 0 Å². The summed E-state index contributed by atoms with van der Waals surface area (Å²) in [4.78, 5) is 14.8. The molecule has 2 aliphatic rings. The maximum atomic E-state index is 14.1. The van der Waals surface area contributed by atoms with E-state index in [1.807, 2.05) is 0 Å². The van der Waals surface area contributed by atoms with Gasteiger partial charge in [0.15, 0.2) is 0 Å². The molecule has 1 saturated carbocycles. The van der Waals surface area contributed by atoms with Crippen molar-refractivity contribution in [3.05, 3.63) is 35.4 Å². The Balaban J connectivity index is 0.00000261. The van der Waals surface area contributed by atoms with E-state index in [0.29, 0.717) is 18.3 Å². The Bertz CT molecular complexity index is 596. The van der Waals surface area contributed by atoms with E-state index in [1.165, 1.54) is 18.2 Å². The van der Waals surface area contributed by atoms with Crippen molar-refractivity contribution in [3.8, 4) is 0 Å². The second-order valence-corrected chi connectivity index (χ2v) is 7.93. The summed E-state index contributed by atoms with van der Waals surface area (Å²) in [5.41, 5.74) is 0.0160. The van der Waals surface area contributed by atoms with Crippen molar-refractivity contribution in [2.24, 2.45) is 11.8 Å². The summed E-state index contributed by atoms with van der Waals surface area (Å²) in [5, 5.41) is 3.36. The van der Waals surface area contributed by atoms with Crippen LogP contribution in [-0.2, 0) is 11.3 Å². The summed E-state index contributed by atoms with van der Waals surface area (Å²) in [6, 6.07) is 4.03. The number of amides is 1. The Kier molecular flexibility index (Phi) is 8.49. The second-order valence-electron chi connectivity index (χ2n) is 7.93. The summed E-state index contributed by atoms with van der Waals surface area (Å²) in [7, 11) is 0. The lowest BCUT2D eigenvalue weighted by Crippen LogP contribution is -2.40. The Hall–Kier alpha value is -1.20. The van der Waals surface area contributed by atoms with Crippen molar-refractivity contribution < 1.29 is 13.6 Å². The van der Waals surface area contributed by atoms with Crippen LogP contribution >= 0.6 is 12.4 Å². The molecule has 1 amide bonds. The highest BCUT2D eigenvalue weighted by Crippen LogP contribution is 2.30. The molecular formula is C21H31ClF2N2O. The molecule has 1 aromatic rings. The van der Waals surface area contributed by atoms with Crippen LogP contribution in [0.15, 0.2) is 18.2 Å². The van der Waals surface area contributed by atoms with Gasteiger partial charge in [0, 0.05) is 18.0 Å². The molecule has 6 heteroatoms. The van der Waals surface area contributed by atoms with Gasteiger partial charge in [0.1, 0.15) is 11.6 Å². The highest BCUT2D eigenvalue weighted by Gasteiger charge is 2.30. The van der Waals surface area contributed by atoms with Crippen molar-refractivity contribution in [3.63, 3.8) is 0 Å². The predicted molar refractivity (Wildman–Crippen MR) is 106 cm³/mol. The highest BCUT2D eigenvalue weighted by molar-refractivity contribution is 5.85. The topological polar surface area (TPSA) is 32.3 Å². The largest absolute Gasteiger partial charge is 0.335 e. The van der Waals surface area contributed by atoms with Crippen LogP contribution in [-0.4, -0.2) is 29.9 Å². The van der Waals surface area contributed by atoms with E-state index < -0.39 is 11.6 Å². The quantitative estimate of drug-likeness (QED) is 0.751. The van der Waals surface area contributed by atoms with Crippen molar-refractivity contribution in [1.82, 2.24) is 10.2 Å². The van der Waals surface area contributed by atoms with E-state index in [1.54, 1.807) is 4.90 Å². The Morgan fingerprint density at radius 1 is 1.15 bits per heavy atom. The third-order valence-electron chi connectivity index (χ3n) is 6.16. The first-order valence-electron chi connectivity index (χ1n) is 9.99. The third-order valence-corrected chi connectivity index (χ3v) is 6.16. The van der Waals surface area contributed by atoms with Crippen molar-refractivity contribution >= 4 is 18.3 Å². The molecule has 1 unspecified atom stereocenters. The average Bonchev–Trinajstić information content (AvgIpc) is 3.16. The fourth-order valence-corrected chi connectivity index (χ4v) is 4.46. The predicted octanol–water partition coefficient (Wildman–Crippen LogP) is 4.68. The molecular weight excluding hydrogens is 370 g/mol. The number of benzene rings is 1. The van der Waals surface area contributed by atoms with E-state index in [0.717, 1.165) is 51.6 Å². The first-order chi connectivity index (χ1) is 12.6. The molecule has 1 atom stereocenters. The maximum Gasteiger partial charge on any atom is 0.223 e. The van der Waals surface area contributed by atoms with Gasteiger partial charge in [-0.1, -0.05) is 25.8 Å². The molecule has 1 saturated heterocycles. The van der Waals surface area contributed by atoms with Crippen LogP contribution in [0.3, 0.4) is 0 Å². The standard InChI is InChI=1S/C21H30F2N2O.ClH/c1-15(16-9-11-24-12-10-16)13-21(26)25(17-5-2-3-6-17)14-18-19(22)7-4-8-20(18)23;/h4,7-8,15-17,24H,2-3,5-6,9-14H2,1H3;1H. The average molecular weight is 401 g/mol. The summed E-state index contributed by atoms with van der Waals surface area (Å²) < 4.78 is 28.3. The van der Waals surface area contributed by atoms with Crippen LogP contribution in [0.1, 0.15) is 57.4 Å². The molecule has 2 fully saturated rings. The molecule has 3 rings (SSSR count). The number of halogens is 3. The minimum atomic E-state index is -0.563. The monoisotopic (exact) mass is 400 g/mol. The minimum Gasteiger partial charge on any atom is -0.335 e. The van der Waals surface area contributed by atoms with Crippen LogP contribution in [0.25, 0.3) is 0 Å². The normalized spacial score (nSPS) is 19.5. The SMILES string of the molecule is CC(CC(=O)N(Cc1c(F)cccc1F)C1CCCC1)C1CCNCC1.Cl. The summed E-state index contributed by atoms with van der Waals surface area (Å²) in [6.07, 6.45) is 6.69. The van der Waals surface area contributed by atoms with Gasteiger partial charge >= 0.3 is 0 Å². The molecule has 1 aliphatic carbocycles. The van der Waals surface area contributed by atoms with Gasteiger partial charge < -0.3 is 10.2 Å². The number of hydrogen-bond donors (Lipinski definition) is 1. The van der Waals surface area contributed by atoms with Crippen molar-refractivity contribution in [2.45, 2.75) is 64.5 Å². The number of rotatable bonds is 6. The Morgan fingerprint density at radius 3 is 2.33 bits per heavy atom. The molecule has 1 N–H and O–H groups in total. The van der Waals surface area contributed by atoms with Gasteiger partial charge in [-0.15, -0.1) is 12.4 Å². The van der Waals surface area contributed by atoms with Crippen LogP contribution in [0.5, 0.6) is 0 Å². The molecule has 1 aromatic carbocycles. The van der Waals surface area contributed by atoms with Crippen LogP contribution in [0, 0.1) is 23.5 Å². The maximum absolute atomic E-state index is 14.1. The zero-order valence-electron chi connectivity index (χ0n) is 16.1. The lowest BCUT2D eigenvalue weighted by Gasteiger charge is -2.33. The van der Waals surface area contributed by atoms with Crippen LogP contribution < -0.4 is 5.32 Å². The lowest BCUT2D eigenvalue weighted by molar-refractivity contribution is -0.135. The summed E-state index contributed by atoms with van der Waals surface area (Å²) >= 11 is 0. The first-order valence-corrected chi connectivity index (χ1v) is 9.99. The van der Waals surface area contributed by atoms with E-state index in [2.05, 4.69) is 12.2 Å². The fourth-order valence-electron chi connectivity index (χ4n) is 4.46. The number of hydrogen-bond acceptors (Lipinski definition) is 2. The fraction of sp³-hybridized carbons (Fsp3) is 0.667.